The lowest BCUT2D eigenvalue weighted by atomic mass is 10.1. The predicted molar refractivity (Wildman–Crippen MR) is 88.3 cm³/mol. The first-order valence-electron chi connectivity index (χ1n) is 7.26. The van der Waals surface area contributed by atoms with E-state index in [1.165, 1.54) is 16.0 Å². The van der Waals surface area contributed by atoms with E-state index < -0.39 is 6.10 Å². The molecule has 1 aromatic carbocycles. The van der Waals surface area contributed by atoms with E-state index in [0.717, 1.165) is 18.7 Å². The second-order valence-electron chi connectivity index (χ2n) is 5.32. The highest BCUT2D eigenvalue weighted by Crippen LogP contribution is 2.16. The second kappa shape index (κ2) is 8.17. The van der Waals surface area contributed by atoms with Crippen LogP contribution in [-0.2, 0) is 6.42 Å². The van der Waals surface area contributed by atoms with Crippen LogP contribution in [-0.4, -0.2) is 30.9 Å². The summed E-state index contributed by atoms with van der Waals surface area (Å²) in [5.41, 5.74) is 2.35. The smallest absolute Gasteiger partial charge is 0.119 e. The van der Waals surface area contributed by atoms with Crippen molar-refractivity contribution in [1.82, 2.24) is 5.32 Å². The molecule has 0 amide bonds. The van der Waals surface area contributed by atoms with Crippen LogP contribution in [0.3, 0.4) is 0 Å². The lowest BCUT2D eigenvalue weighted by molar-refractivity contribution is 0.106. The molecule has 2 aromatic rings. The zero-order chi connectivity index (χ0) is 15.1. The normalized spacial score (nSPS) is 12.3. The average Bonchev–Trinajstić information content (AvgIpc) is 2.93. The van der Waals surface area contributed by atoms with Crippen LogP contribution >= 0.6 is 11.3 Å². The van der Waals surface area contributed by atoms with Crippen LogP contribution in [0.1, 0.15) is 16.0 Å². The first-order chi connectivity index (χ1) is 10.1. The highest BCUT2D eigenvalue weighted by Gasteiger charge is 2.05. The number of rotatable bonds is 8. The van der Waals surface area contributed by atoms with Crippen LogP contribution in [0.5, 0.6) is 5.75 Å². The highest BCUT2D eigenvalue weighted by atomic mass is 32.1. The van der Waals surface area contributed by atoms with E-state index in [2.05, 4.69) is 28.9 Å². The van der Waals surface area contributed by atoms with Crippen LogP contribution in [0.2, 0.25) is 0 Å². The molecule has 2 rings (SSSR count). The molecule has 0 saturated carbocycles. The zero-order valence-electron chi connectivity index (χ0n) is 12.6. The molecule has 0 spiro atoms. The Morgan fingerprint density at radius 1 is 1.24 bits per heavy atom. The van der Waals surface area contributed by atoms with Crippen LogP contribution in [0.25, 0.3) is 0 Å². The summed E-state index contributed by atoms with van der Waals surface area (Å²) >= 11 is 1.76. The Bertz CT molecular complexity index is 519. The standard InChI is InChI=1S/C17H23NO2S/c1-13-8-14(2)10-16(9-13)20-12-15(19)11-18-6-5-17-4-3-7-21-17/h3-4,7-10,15,18-19H,5-6,11-12H2,1-2H3. The van der Waals surface area contributed by atoms with Gasteiger partial charge in [-0.05, 0) is 55.0 Å². The van der Waals surface area contributed by atoms with Crippen molar-refractivity contribution in [3.63, 3.8) is 0 Å². The van der Waals surface area contributed by atoms with Crippen molar-refractivity contribution in [2.75, 3.05) is 19.7 Å². The van der Waals surface area contributed by atoms with Crippen molar-refractivity contribution in [3.05, 3.63) is 51.7 Å². The number of aliphatic hydroxyl groups excluding tert-OH is 1. The Morgan fingerprint density at radius 3 is 2.67 bits per heavy atom. The van der Waals surface area contributed by atoms with E-state index in [1.807, 2.05) is 26.0 Å². The Hall–Kier alpha value is -1.36. The minimum Gasteiger partial charge on any atom is -0.491 e. The van der Waals surface area contributed by atoms with E-state index in [4.69, 9.17) is 4.74 Å². The van der Waals surface area contributed by atoms with Gasteiger partial charge >= 0.3 is 0 Å². The molecule has 0 aliphatic heterocycles. The maximum Gasteiger partial charge on any atom is 0.119 e. The Kier molecular flexibility index (Phi) is 6.23. The zero-order valence-corrected chi connectivity index (χ0v) is 13.5. The first kappa shape index (κ1) is 16.0. The van der Waals surface area contributed by atoms with Crippen LogP contribution in [0.15, 0.2) is 35.7 Å². The fraction of sp³-hybridized carbons (Fsp3) is 0.412. The fourth-order valence-corrected chi connectivity index (χ4v) is 2.91. The third-order valence-electron chi connectivity index (χ3n) is 3.15. The van der Waals surface area contributed by atoms with Gasteiger partial charge in [-0.3, -0.25) is 0 Å². The number of benzene rings is 1. The Labute approximate surface area is 130 Å². The van der Waals surface area contributed by atoms with Crippen molar-refractivity contribution in [1.29, 1.82) is 0 Å². The monoisotopic (exact) mass is 305 g/mol. The van der Waals surface area contributed by atoms with Gasteiger partial charge < -0.3 is 15.2 Å². The number of hydrogen-bond donors (Lipinski definition) is 2. The third-order valence-corrected chi connectivity index (χ3v) is 4.08. The summed E-state index contributed by atoms with van der Waals surface area (Å²) in [6.45, 7) is 5.83. The van der Waals surface area contributed by atoms with Gasteiger partial charge in [0.1, 0.15) is 18.5 Å². The topological polar surface area (TPSA) is 41.5 Å². The molecule has 21 heavy (non-hydrogen) atoms. The van der Waals surface area contributed by atoms with Gasteiger partial charge in [0.15, 0.2) is 0 Å². The van der Waals surface area contributed by atoms with E-state index in [-0.39, 0.29) is 0 Å². The average molecular weight is 305 g/mol. The lowest BCUT2D eigenvalue weighted by Gasteiger charge is -2.14. The van der Waals surface area contributed by atoms with E-state index in [9.17, 15) is 5.11 Å². The lowest BCUT2D eigenvalue weighted by Crippen LogP contribution is -2.32. The van der Waals surface area contributed by atoms with Crippen LogP contribution in [0, 0.1) is 13.8 Å². The van der Waals surface area contributed by atoms with Crippen LogP contribution in [0.4, 0.5) is 0 Å². The minimum atomic E-state index is -0.492. The van der Waals surface area contributed by atoms with Gasteiger partial charge in [0.05, 0.1) is 0 Å². The van der Waals surface area contributed by atoms with Gasteiger partial charge in [0.25, 0.3) is 0 Å². The number of aryl methyl sites for hydroxylation is 2. The Morgan fingerprint density at radius 2 is 2.00 bits per heavy atom. The number of aliphatic hydroxyl groups is 1. The molecule has 1 atom stereocenters. The quantitative estimate of drug-likeness (QED) is 0.737. The van der Waals surface area contributed by atoms with Gasteiger partial charge in [0, 0.05) is 18.0 Å². The number of hydrogen-bond acceptors (Lipinski definition) is 4. The molecule has 114 valence electrons. The largest absolute Gasteiger partial charge is 0.491 e. The van der Waals surface area contributed by atoms with E-state index in [0.29, 0.717) is 13.2 Å². The maximum atomic E-state index is 9.92. The number of thiophene rings is 1. The summed E-state index contributed by atoms with van der Waals surface area (Å²) in [6.07, 6.45) is 0.511. The van der Waals surface area contributed by atoms with Gasteiger partial charge in [-0.15, -0.1) is 11.3 Å². The molecule has 4 heteroatoms. The SMILES string of the molecule is Cc1cc(C)cc(OCC(O)CNCCc2cccs2)c1. The van der Waals surface area contributed by atoms with Gasteiger partial charge in [0.2, 0.25) is 0 Å². The molecule has 1 unspecified atom stereocenters. The van der Waals surface area contributed by atoms with Gasteiger partial charge in [-0.1, -0.05) is 12.1 Å². The predicted octanol–water partition coefficient (Wildman–Crippen LogP) is 2.94. The van der Waals surface area contributed by atoms with E-state index >= 15 is 0 Å². The minimum absolute atomic E-state index is 0.314. The van der Waals surface area contributed by atoms with Crippen molar-refractivity contribution >= 4 is 11.3 Å². The van der Waals surface area contributed by atoms with E-state index in [1.54, 1.807) is 11.3 Å². The molecular formula is C17H23NO2S. The van der Waals surface area contributed by atoms with Crippen molar-refractivity contribution in [2.24, 2.45) is 0 Å². The molecule has 3 nitrogen and oxygen atoms in total. The van der Waals surface area contributed by atoms with Crippen molar-refractivity contribution in [2.45, 2.75) is 26.4 Å². The molecule has 0 bridgehead atoms. The van der Waals surface area contributed by atoms with Crippen LogP contribution < -0.4 is 10.1 Å². The van der Waals surface area contributed by atoms with Gasteiger partial charge in [-0.25, -0.2) is 0 Å². The maximum absolute atomic E-state index is 9.92. The second-order valence-corrected chi connectivity index (χ2v) is 6.35. The summed E-state index contributed by atoms with van der Waals surface area (Å²) in [6, 6.07) is 10.3. The molecule has 0 fully saturated rings. The molecule has 0 aliphatic carbocycles. The fourth-order valence-electron chi connectivity index (χ4n) is 2.20. The third kappa shape index (κ3) is 5.87. The molecule has 0 saturated heterocycles. The molecule has 1 aromatic heterocycles. The first-order valence-corrected chi connectivity index (χ1v) is 8.14. The van der Waals surface area contributed by atoms with Crippen molar-refractivity contribution < 1.29 is 9.84 Å². The molecule has 2 N–H and O–H groups in total. The Balaban J connectivity index is 1.64. The molecule has 1 heterocycles. The summed E-state index contributed by atoms with van der Waals surface area (Å²) in [5.74, 6) is 0.824. The number of ether oxygens (including phenoxy) is 1. The summed E-state index contributed by atoms with van der Waals surface area (Å²) < 4.78 is 5.64. The molecule has 0 aliphatic rings. The summed E-state index contributed by atoms with van der Waals surface area (Å²) in [7, 11) is 0. The summed E-state index contributed by atoms with van der Waals surface area (Å²) in [5, 5.41) is 15.3. The van der Waals surface area contributed by atoms with Gasteiger partial charge in [-0.2, -0.15) is 0 Å². The van der Waals surface area contributed by atoms with Crippen molar-refractivity contribution in [3.8, 4) is 5.75 Å². The number of nitrogens with one attached hydrogen (secondary N) is 1. The summed E-state index contributed by atoms with van der Waals surface area (Å²) in [4.78, 5) is 1.36. The highest BCUT2D eigenvalue weighted by molar-refractivity contribution is 7.09. The molecular weight excluding hydrogens is 282 g/mol. The molecule has 0 radical (unpaired) electrons.